The van der Waals surface area contributed by atoms with Crippen LogP contribution in [-0.4, -0.2) is 35.7 Å². The van der Waals surface area contributed by atoms with Crippen LogP contribution in [0.4, 0.5) is 4.79 Å². The largest absolute Gasteiger partial charge is 0.352 e. The van der Waals surface area contributed by atoms with Crippen molar-refractivity contribution in [3.8, 4) is 0 Å². The van der Waals surface area contributed by atoms with Crippen molar-refractivity contribution in [2.75, 3.05) is 6.54 Å². The Labute approximate surface area is 165 Å². The third-order valence-electron chi connectivity index (χ3n) is 4.29. The van der Waals surface area contributed by atoms with Crippen LogP contribution in [0.25, 0.3) is 0 Å². The highest BCUT2D eigenvalue weighted by Gasteiger charge is 2.33. The van der Waals surface area contributed by atoms with Gasteiger partial charge in [0.1, 0.15) is 11.6 Å². The summed E-state index contributed by atoms with van der Waals surface area (Å²) >= 11 is 0. The molecule has 0 fully saturated rings. The molecule has 0 aromatic rings. The number of nitrogens with one attached hydrogen (secondary N) is 2. The molecule has 6 heteroatoms. The van der Waals surface area contributed by atoms with Gasteiger partial charge < -0.3 is 16.4 Å². The first-order valence-electron chi connectivity index (χ1n) is 10.0. The molecule has 0 aliphatic heterocycles. The molecule has 0 radical (unpaired) electrons. The maximum Gasteiger partial charge on any atom is 0.312 e. The third kappa shape index (κ3) is 11.8. The number of hydrogen-bond acceptors (Lipinski definition) is 4. The highest BCUT2D eigenvalue weighted by molar-refractivity contribution is 5.92. The molecule has 0 bridgehead atoms. The van der Waals surface area contributed by atoms with E-state index >= 15 is 0 Å². The summed E-state index contributed by atoms with van der Waals surface area (Å²) in [6.07, 6.45) is 2.15. The molecule has 0 aliphatic rings. The van der Waals surface area contributed by atoms with E-state index in [0.717, 1.165) is 6.42 Å². The average molecular weight is 384 g/mol. The summed E-state index contributed by atoms with van der Waals surface area (Å²) in [5.41, 5.74) is 4.40. The summed E-state index contributed by atoms with van der Waals surface area (Å²) in [7, 11) is 0. The minimum atomic E-state index is -0.573. The van der Waals surface area contributed by atoms with E-state index in [1.54, 1.807) is 0 Å². The summed E-state index contributed by atoms with van der Waals surface area (Å²) in [5.74, 6) is 0.215. The summed E-state index contributed by atoms with van der Waals surface area (Å²) in [4.78, 5) is 36.7. The Morgan fingerprint density at radius 3 is 1.96 bits per heavy atom. The molecule has 0 aliphatic carbocycles. The third-order valence-corrected chi connectivity index (χ3v) is 4.29. The quantitative estimate of drug-likeness (QED) is 0.476. The zero-order chi connectivity index (χ0) is 21.4. The summed E-state index contributed by atoms with van der Waals surface area (Å²) in [6, 6.07) is -0.833. The van der Waals surface area contributed by atoms with E-state index in [0.29, 0.717) is 25.3 Å². The van der Waals surface area contributed by atoms with Gasteiger partial charge in [-0.2, -0.15) is 0 Å². The average Bonchev–Trinajstić information content (AvgIpc) is 2.45. The highest BCUT2D eigenvalue weighted by atomic mass is 16.2. The Kier molecular flexibility index (Phi) is 10.2. The van der Waals surface area contributed by atoms with Gasteiger partial charge in [-0.15, -0.1) is 0 Å². The second-order valence-corrected chi connectivity index (χ2v) is 9.99. The van der Waals surface area contributed by atoms with Gasteiger partial charge in [-0.05, 0) is 46.0 Å². The number of carbonyl (C=O) groups is 3. The highest BCUT2D eigenvalue weighted by Crippen LogP contribution is 2.27. The second kappa shape index (κ2) is 10.8. The monoisotopic (exact) mass is 383 g/mol. The van der Waals surface area contributed by atoms with E-state index in [1.807, 2.05) is 41.5 Å². The van der Waals surface area contributed by atoms with Crippen molar-refractivity contribution < 1.29 is 14.4 Å². The van der Waals surface area contributed by atoms with Crippen LogP contribution in [0.3, 0.4) is 0 Å². The molecule has 0 saturated carbocycles. The predicted molar refractivity (Wildman–Crippen MR) is 111 cm³/mol. The molecule has 2 atom stereocenters. The van der Waals surface area contributed by atoms with Crippen molar-refractivity contribution in [2.45, 2.75) is 92.7 Å². The normalized spacial score (nSPS) is 14.7. The van der Waals surface area contributed by atoms with Crippen molar-refractivity contribution in [3.63, 3.8) is 0 Å². The van der Waals surface area contributed by atoms with Gasteiger partial charge in [-0.25, -0.2) is 4.79 Å². The molecule has 0 heterocycles. The Morgan fingerprint density at radius 2 is 1.56 bits per heavy atom. The lowest BCUT2D eigenvalue weighted by Gasteiger charge is -2.31. The van der Waals surface area contributed by atoms with Crippen LogP contribution in [0.2, 0.25) is 0 Å². The van der Waals surface area contributed by atoms with E-state index in [-0.39, 0.29) is 35.5 Å². The smallest absolute Gasteiger partial charge is 0.312 e. The Morgan fingerprint density at radius 1 is 1.00 bits per heavy atom. The fourth-order valence-electron chi connectivity index (χ4n) is 3.15. The summed E-state index contributed by atoms with van der Waals surface area (Å²) < 4.78 is 0. The molecule has 0 rings (SSSR count). The summed E-state index contributed by atoms with van der Waals surface area (Å²) in [5, 5.41) is 5.96. The Balaban J connectivity index is 5.19. The van der Waals surface area contributed by atoms with Crippen LogP contribution >= 0.6 is 0 Å². The van der Waals surface area contributed by atoms with E-state index in [2.05, 4.69) is 24.5 Å². The number of carbonyl (C=O) groups excluding carboxylic acids is 3. The Hall–Kier alpha value is -1.43. The molecule has 6 nitrogen and oxygen atoms in total. The molecular formula is C21H41N3O3. The number of nitrogens with two attached hydrogens (primary N) is 1. The van der Waals surface area contributed by atoms with Crippen LogP contribution in [0.1, 0.15) is 81.1 Å². The zero-order valence-electron chi connectivity index (χ0n) is 18.6. The number of Topliss-reactive ketones (excluding diaryl/α,β-unsaturated/α-hetero) is 2. The van der Waals surface area contributed by atoms with Crippen LogP contribution in [0.5, 0.6) is 0 Å². The standard InChI is InChI=1S/C21H41N3O3/c1-14(2)12-16(24-21(6,7)8)17(25)13-15(18(26)20(3,4)5)10-9-11-23-19(22)27/h14-16,24H,9-13H2,1-8H3,(H3,22,23,27). The van der Waals surface area contributed by atoms with Gasteiger partial charge in [0.05, 0.1) is 6.04 Å². The number of ketones is 2. The number of rotatable bonds is 11. The molecule has 0 saturated heterocycles. The fourth-order valence-corrected chi connectivity index (χ4v) is 3.15. The minimum absolute atomic E-state index is 0.0871. The van der Waals surface area contributed by atoms with Crippen LogP contribution in [-0.2, 0) is 9.59 Å². The maximum absolute atomic E-state index is 13.0. The number of hydrogen-bond donors (Lipinski definition) is 3. The molecule has 27 heavy (non-hydrogen) atoms. The number of primary amides is 1. The first-order chi connectivity index (χ1) is 12.1. The molecule has 2 unspecified atom stereocenters. The van der Waals surface area contributed by atoms with Gasteiger partial charge in [0, 0.05) is 29.8 Å². The molecule has 0 aromatic carbocycles. The molecular weight excluding hydrogens is 342 g/mol. The lowest BCUT2D eigenvalue weighted by molar-refractivity contribution is -0.134. The molecule has 0 spiro atoms. The van der Waals surface area contributed by atoms with Gasteiger partial charge >= 0.3 is 6.03 Å². The maximum atomic E-state index is 13.0. The predicted octanol–water partition coefficient (Wildman–Crippen LogP) is 3.43. The molecule has 158 valence electrons. The van der Waals surface area contributed by atoms with Crippen LogP contribution in [0.15, 0.2) is 0 Å². The van der Waals surface area contributed by atoms with Crippen molar-refractivity contribution in [3.05, 3.63) is 0 Å². The van der Waals surface area contributed by atoms with Gasteiger partial charge in [0.25, 0.3) is 0 Å². The van der Waals surface area contributed by atoms with Crippen molar-refractivity contribution in [1.29, 1.82) is 0 Å². The molecule has 4 N–H and O–H groups in total. The fraction of sp³-hybridized carbons (Fsp3) is 0.857. The van der Waals surface area contributed by atoms with E-state index in [1.165, 1.54) is 0 Å². The van der Waals surface area contributed by atoms with Gasteiger partial charge in [-0.3, -0.25) is 9.59 Å². The lowest BCUT2D eigenvalue weighted by Crippen LogP contribution is -2.49. The van der Waals surface area contributed by atoms with Crippen LogP contribution in [0, 0.1) is 17.3 Å². The van der Waals surface area contributed by atoms with Gasteiger partial charge in [-0.1, -0.05) is 34.6 Å². The van der Waals surface area contributed by atoms with E-state index in [4.69, 9.17) is 5.73 Å². The molecule has 2 amide bonds. The van der Waals surface area contributed by atoms with E-state index < -0.39 is 11.4 Å². The number of amides is 2. The van der Waals surface area contributed by atoms with Crippen LogP contribution < -0.4 is 16.4 Å². The first-order valence-corrected chi connectivity index (χ1v) is 10.0. The van der Waals surface area contributed by atoms with Gasteiger partial charge in [0.2, 0.25) is 0 Å². The van der Waals surface area contributed by atoms with E-state index in [9.17, 15) is 14.4 Å². The van der Waals surface area contributed by atoms with Crippen molar-refractivity contribution in [1.82, 2.24) is 10.6 Å². The first kappa shape index (κ1) is 25.6. The summed E-state index contributed by atoms with van der Waals surface area (Å²) in [6.45, 7) is 16.4. The second-order valence-electron chi connectivity index (χ2n) is 9.99. The molecule has 0 aromatic heterocycles. The number of urea groups is 1. The topological polar surface area (TPSA) is 101 Å². The Bertz CT molecular complexity index is 502. The minimum Gasteiger partial charge on any atom is -0.352 e. The SMILES string of the molecule is CC(C)CC(NC(C)(C)C)C(=O)CC(CCCNC(N)=O)C(=O)C(C)(C)C. The lowest BCUT2D eigenvalue weighted by atomic mass is 9.78. The van der Waals surface area contributed by atoms with Gasteiger partial charge in [0.15, 0.2) is 0 Å². The van der Waals surface area contributed by atoms with Crippen molar-refractivity contribution in [2.24, 2.45) is 23.0 Å². The zero-order valence-corrected chi connectivity index (χ0v) is 18.6. The van der Waals surface area contributed by atoms with Crippen molar-refractivity contribution >= 4 is 17.6 Å².